The fourth-order valence-electron chi connectivity index (χ4n) is 6.59. The standard InChI is InChI=1S/C31H58N2O6/c1-39-29(26(34)27(35)30(32)37)28(36)31(38)33(24-20-16-12-8-4-2-5-9-13-17-21-24)25-22-18-14-10-6-3-7-11-15-19-23-25/h24-29,34-36H,2-23H2,1H3,(H2,32,37)/t26-,27+,28-,29+/m1/s1. The van der Waals surface area contributed by atoms with Gasteiger partial charge in [-0.2, -0.15) is 0 Å². The van der Waals surface area contributed by atoms with Crippen molar-refractivity contribution in [1.82, 2.24) is 4.90 Å². The average Bonchev–Trinajstić information content (AvgIpc) is 2.90. The van der Waals surface area contributed by atoms with Gasteiger partial charge in [0.15, 0.2) is 12.2 Å². The van der Waals surface area contributed by atoms with Gasteiger partial charge in [0.2, 0.25) is 5.91 Å². The van der Waals surface area contributed by atoms with E-state index >= 15 is 0 Å². The van der Waals surface area contributed by atoms with Crippen molar-refractivity contribution < 1.29 is 29.6 Å². The molecule has 2 amide bonds. The molecule has 2 aliphatic rings. The van der Waals surface area contributed by atoms with E-state index in [1.165, 1.54) is 71.3 Å². The summed E-state index contributed by atoms with van der Waals surface area (Å²) in [5.41, 5.74) is 5.18. The molecule has 0 aromatic carbocycles. The lowest BCUT2D eigenvalue weighted by Crippen LogP contribution is -2.58. The number of aliphatic hydroxyl groups is 3. The lowest BCUT2D eigenvalue weighted by atomic mass is 9.91. The van der Waals surface area contributed by atoms with E-state index in [2.05, 4.69) is 0 Å². The average molecular weight is 555 g/mol. The van der Waals surface area contributed by atoms with Crippen molar-refractivity contribution in [3.05, 3.63) is 0 Å². The van der Waals surface area contributed by atoms with E-state index in [9.17, 15) is 24.9 Å². The zero-order chi connectivity index (χ0) is 28.5. The summed E-state index contributed by atoms with van der Waals surface area (Å²) in [4.78, 5) is 27.7. The van der Waals surface area contributed by atoms with Crippen LogP contribution >= 0.6 is 0 Å². The highest BCUT2D eigenvalue weighted by Crippen LogP contribution is 2.29. The largest absolute Gasteiger partial charge is 0.387 e. The molecule has 8 heteroatoms. The first-order valence-corrected chi connectivity index (χ1v) is 16.1. The van der Waals surface area contributed by atoms with E-state index in [-0.39, 0.29) is 12.1 Å². The van der Waals surface area contributed by atoms with Crippen molar-refractivity contribution in [2.24, 2.45) is 5.73 Å². The summed E-state index contributed by atoms with van der Waals surface area (Å²) < 4.78 is 5.30. The van der Waals surface area contributed by atoms with E-state index in [4.69, 9.17) is 10.5 Å². The van der Waals surface area contributed by atoms with Crippen molar-refractivity contribution >= 4 is 11.8 Å². The second kappa shape index (κ2) is 19.8. The summed E-state index contributed by atoms with van der Waals surface area (Å²) >= 11 is 0. The van der Waals surface area contributed by atoms with Crippen LogP contribution in [0.2, 0.25) is 0 Å². The monoisotopic (exact) mass is 554 g/mol. The number of carbonyl (C=O) groups is 2. The Morgan fingerprint density at radius 3 is 1.21 bits per heavy atom. The van der Waals surface area contributed by atoms with E-state index in [0.717, 1.165) is 77.0 Å². The number of primary amides is 1. The minimum absolute atomic E-state index is 0.0141. The topological polar surface area (TPSA) is 133 Å². The van der Waals surface area contributed by atoms with Crippen molar-refractivity contribution in [3.63, 3.8) is 0 Å². The van der Waals surface area contributed by atoms with Crippen LogP contribution in [0.5, 0.6) is 0 Å². The van der Waals surface area contributed by atoms with Crippen molar-refractivity contribution in [2.45, 2.75) is 178 Å². The third-order valence-corrected chi connectivity index (χ3v) is 8.98. The molecule has 4 atom stereocenters. The third kappa shape index (κ3) is 12.0. The van der Waals surface area contributed by atoms with Gasteiger partial charge in [0.05, 0.1) is 0 Å². The van der Waals surface area contributed by atoms with Gasteiger partial charge >= 0.3 is 0 Å². The van der Waals surface area contributed by atoms with Crippen LogP contribution < -0.4 is 5.73 Å². The highest BCUT2D eigenvalue weighted by atomic mass is 16.5. The highest BCUT2D eigenvalue weighted by molar-refractivity contribution is 5.83. The molecule has 0 aromatic rings. The molecule has 0 saturated heterocycles. The van der Waals surface area contributed by atoms with Gasteiger partial charge in [0.25, 0.3) is 5.91 Å². The summed E-state index contributed by atoms with van der Waals surface area (Å²) in [6.07, 6.45) is 18.1. The fourth-order valence-corrected chi connectivity index (χ4v) is 6.59. The van der Waals surface area contributed by atoms with Gasteiger partial charge in [-0.15, -0.1) is 0 Å². The Morgan fingerprint density at radius 2 is 0.923 bits per heavy atom. The summed E-state index contributed by atoms with van der Waals surface area (Å²) in [6.45, 7) is 0. The maximum absolute atomic E-state index is 14.2. The zero-order valence-corrected chi connectivity index (χ0v) is 24.6. The number of rotatable bonds is 8. The molecule has 0 heterocycles. The Labute approximate surface area is 237 Å². The molecule has 228 valence electrons. The second-order valence-electron chi connectivity index (χ2n) is 12.1. The minimum Gasteiger partial charge on any atom is -0.387 e. The first kappa shape index (κ1) is 34.0. The summed E-state index contributed by atoms with van der Waals surface area (Å²) in [5, 5.41) is 31.9. The predicted octanol–water partition coefficient (Wildman–Crippen LogP) is 4.74. The van der Waals surface area contributed by atoms with Crippen LogP contribution in [-0.2, 0) is 14.3 Å². The van der Waals surface area contributed by atoms with Crippen LogP contribution in [-0.4, -0.2) is 75.6 Å². The smallest absolute Gasteiger partial charge is 0.254 e. The van der Waals surface area contributed by atoms with Crippen molar-refractivity contribution in [2.75, 3.05) is 7.11 Å². The van der Waals surface area contributed by atoms with Gasteiger partial charge in [0, 0.05) is 19.2 Å². The number of methoxy groups -OCH3 is 1. The quantitative estimate of drug-likeness (QED) is 0.342. The Morgan fingerprint density at radius 1 is 0.615 bits per heavy atom. The molecular formula is C31H58N2O6. The van der Waals surface area contributed by atoms with Gasteiger partial charge < -0.3 is 30.7 Å². The molecule has 0 aliphatic heterocycles. The molecule has 0 spiro atoms. The lowest BCUT2D eigenvalue weighted by molar-refractivity contribution is -0.169. The van der Waals surface area contributed by atoms with E-state index in [1.54, 1.807) is 0 Å². The number of carbonyl (C=O) groups excluding carboxylic acids is 2. The molecule has 2 rings (SSSR count). The predicted molar refractivity (Wildman–Crippen MR) is 154 cm³/mol. The molecule has 0 radical (unpaired) electrons. The second-order valence-corrected chi connectivity index (χ2v) is 12.1. The number of nitrogens with two attached hydrogens (primary N) is 1. The molecule has 0 aromatic heterocycles. The van der Waals surface area contributed by atoms with Gasteiger partial charge in [0.1, 0.15) is 12.2 Å². The van der Waals surface area contributed by atoms with E-state index < -0.39 is 36.2 Å². The third-order valence-electron chi connectivity index (χ3n) is 8.98. The van der Waals surface area contributed by atoms with Crippen LogP contribution in [0.15, 0.2) is 0 Å². The maximum atomic E-state index is 14.2. The Balaban J connectivity index is 2.34. The Bertz CT molecular complexity index is 623. The van der Waals surface area contributed by atoms with Gasteiger partial charge in [-0.3, -0.25) is 9.59 Å². The van der Waals surface area contributed by atoms with Gasteiger partial charge in [-0.1, -0.05) is 116 Å². The molecule has 0 bridgehead atoms. The zero-order valence-electron chi connectivity index (χ0n) is 24.6. The van der Waals surface area contributed by atoms with Crippen molar-refractivity contribution in [3.8, 4) is 0 Å². The Kier molecular flexibility index (Phi) is 17.2. The van der Waals surface area contributed by atoms with Crippen LogP contribution in [0, 0.1) is 0 Å². The molecule has 39 heavy (non-hydrogen) atoms. The van der Waals surface area contributed by atoms with Crippen LogP contribution in [0.4, 0.5) is 0 Å². The molecule has 8 nitrogen and oxygen atoms in total. The molecular weight excluding hydrogens is 496 g/mol. The number of ether oxygens (including phenoxy) is 1. The minimum atomic E-state index is -1.94. The lowest BCUT2D eigenvalue weighted by Gasteiger charge is -2.42. The van der Waals surface area contributed by atoms with E-state index in [0.29, 0.717) is 0 Å². The Hall–Kier alpha value is -1.22. The first-order valence-electron chi connectivity index (χ1n) is 16.1. The van der Waals surface area contributed by atoms with Crippen molar-refractivity contribution in [1.29, 1.82) is 0 Å². The molecule has 2 fully saturated rings. The normalized spacial score (nSPS) is 24.0. The van der Waals surface area contributed by atoms with Gasteiger partial charge in [-0.25, -0.2) is 0 Å². The summed E-state index contributed by atoms with van der Waals surface area (Å²) in [7, 11) is 1.26. The number of hydrogen-bond donors (Lipinski definition) is 4. The SMILES string of the molecule is CO[C@@H]([C@H](O)[C@H](O)C(N)=O)[C@@H](O)C(=O)N(C1CCCCCCCCCCC1)C1CCCCCCCCCCC1. The number of amides is 2. The maximum Gasteiger partial charge on any atom is 0.254 e. The van der Waals surface area contributed by atoms with Crippen LogP contribution in [0.3, 0.4) is 0 Å². The number of nitrogens with zero attached hydrogens (tertiary/aromatic N) is 1. The number of aliphatic hydroxyl groups excluding tert-OH is 3. The first-order chi connectivity index (χ1) is 18.9. The summed E-state index contributed by atoms with van der Waals surface area (Å²) in [5.74, 6) is -1.59. The molecule has 0 unspecified atom stereocenters. The van der Waals surface area contributed by atoms with Crippen LogP contribution in [0.25, 0.3) is 0 Å². The fraction of sp³-hybridized carbons (Fsp3) is 0.935. The highest BCUT2D eigenvalue weighted by Gasteiger charge is 2.42. The molecule has 2 saturated carbocycles. The summed E-state index contributed by atoms with van der Waals surface area (Å²) in [6, 6.07) is 0.0281. The number of hydrogen-bond acceptors (Lipinski definition) is 6. The van der Waals surface area contributed by atoms with Crippen LogP contribution in [0.1, 0.15) is 141 Å². The molecule has 2 aliphatic carbocycles. The van der Waals surface area contributed by atoms with E-state index in [1.807, 2.05) is 4.90 Å². The van der Waals surface area contributed by atoms with Gasteiger partial charge in [-0.05, 0) is 25.7 Å². The molecule has 5 N–H and O–H groups in total.